The van der Waals surface area contributed by atoms with Crippen LogP contribution in [0, 0.1) is 6.92 Å². The molecule has 0 fully saturated rings. The number of hydrogen-bond donors (Lipinski definition) is 1. The Hall–Kier alpha value is -3.15. The molecule has 0 saturated heterocycles. The molecule has 1 N–H and O–H groups in total. The van der Waals surface area contributed by atoms with Crippen molar-refractivity contribution in [3.05, 3.63) is 66.4 Å². The van der Waals surface area contributed by atoms with Crippen molar-refractivity contribution in [2.75, 3.05) is 5.43 Å². The maximum atomic E-state index is 12.4. The van der Waals surface area contributed by atoms with Crippen LogP contribution in [-0.2, 0) is 0 Å². The molecular weight excluding hydrogens is 278 g/mol. The van der Waals surface area contributed by atoms with Gasteiger partial charge >= 0.3 is 0 Å². The Bertz CT molecular complexity index is 998. The Balaban J connectivity index is 1.68. The van der Waals surface area contributed by atoms with Crippen LogP contribution in [0.4, 0.5) is 0 Å². The molecule has 6 nitrogen and oxygen atoms in total. The minimum absolute atomic E-state index is 0.274. The number of aryl methyl sites for hydroxylation is 1. The second-order valence-electron chi connectivity index (χ2n) is 5.14. The van der Waals surface area contributed by atoms with E-state index in [1.807, 2.05) is 53.9 Å². The number of fused-ring (bicyclic) bond motifs is 2. The van der Waals surface area contributed by atoms with Crippen LogP contribution in [0.25, 0.3) is 16.7 Å². The summed E-state index contributed by atoms with van der Waals surface area (Å²) in [5.41, 5.74) is 6.68. The lowest BCUT2D eigenvalue weighted by Crippen LogP contribution is -2.22. The Labute approximate surface area is 126 Å². The number of carbonyl (C=O) groups is 1. The van der Waals surface area contributed by atoms with Gasteiger partial charge in [0.25, 0.3) is 5.91 Å². The zero-order valence-electron chi connectivity index (χ0n) is 11.9. The van der Waals surface area contributed by atoms with E-state index in [4.69, 9.17) is 0 Å². The maximum absolute atomic E-state index is 12.4. The summed E-state index contributed by atoms with van der Waals surface area (Å²) in [6.45, 7) is 1.99. The highest BCUT2D eigenvalue weighted by molar-refractivity contribution is 5.99. The van der Waals surface area contributed by atoms with E-state index in [2.05, 4.69) is 15.4 Å². The van der Waals surface area contributed by atoms with Crippen molar-refractivity contribution in [3.8, 4) is 0 Å². The fourth-order valence-electron chi connectivity index (χ4n) is 2.41. The Morgan fingerprint density at radius 1 is 1.23 bits per heavy atom. The second-order valence-corrected chi connectivity index (χ2v) is 5.14. The number of nitrogens with one attached hydrogen (secondary N) is 1. The van der Waals surface area contributed by atoms with E-state index in [9.17, 15) is 4.79 Å². The highest BCUT2D eigenvalue weighted by Crippen LogP contribution is 2.11. The standard InChI is InChI=1S/C16H13N5O/c1-11-6-7-20-9-13(18-15(20)8-11)16(22)19-21-10-17-12-4-2-3-5-14(12)21/h2-10H,1H3,(H,19,22). The summed E-state index contributed by atoms with van der Waals surface area (Å²) in [5, 5.41) is 0. The first-order valence-corrected chi connectivity index (χ1v) is 6.89. The monoisotopic (exact) mass is 291 g/mol. The number of benzene rings is 1. The molecule has 0 aliphatic heterocycles. The molecule has 0 radical (unpaired) electrons. The fourth-order valence-corrected chi connectivity index (χ4v) is 2.41. The summed E-state index contributed by atoms with van der Waals surface area (Å²) in [4.78, 5) is 21.0. The lowest BCUT2D eigenvalue weighted by atomic mass is 10.3. The third-order valence-electron chi connectivity index (χ3n) is 3.52. The summed E-state index contributed by atoms with van der Waals surface area (Å²) >= 11 is 0. The van der Waals surface area contributed by atoms with Gasteiger partial charge in [0, 0.05) is 12.4 Å². The number of para-hydroxylation sites is 2. The normalized spacial score (nSPS) is 11.1. The molecule has 22 heavy (non-hydrogen) atoms. The van der Waals surface area contributed by atoms with Crippen LogP contribution in [-0.4, -0.2) is 25.0 Å². The van der Waals surface area contributed by atoms with Gasteiger partial charge in [0.05, 0.1) is 11.0 Å². The summed E-state index contributed by atoms with van der Waals surface area (Å²) in [6.07, 6.45) is 5.19. The zero-order valence-corrected chi connectivity index (χ0v) is 11.9. The molecule has 4 aromatic rings. The van der Waals surface area contributed by atoms with Gasteiger partial charge in [-0.3, -0.25) is 10.2 Å². The second kappa shape index (κ2) is 4.70. The minimum Gasteiger partial charge on any atom is -0.306 e. The first kappa shape index (κ1) is 12.6. The molecule has 0 bridgehead atoms. The average molecular weight is 291 g/mol. The first-order valence-electron chi connectivity index (χ1n) is 6.89. The van der Waals surface area contributed by atoms with Gasteiger partial charge in [-0.2, -0.15) is 0 Å². The summed E-state index contributed by atoms with van der Waals surface area (Å²) in [5.74, 6) is -0.274. The van der Waals surface area contributed by atoms with E-state index in [-0.39, 0.29) is 5.91 Å². The molecule has 0 saturated carbocycles. The molecule has 108 valence electrons. The number of hydrogen-bond acceptors (Lipinski definition) is 3. The zero-order chi connectivity index (χ0) is 15.1. The maximum Gasteiger partial charge on any atom is 0.290 e. The Kier molecular flexibility index (Phi) is 2.69. The Morgan fingerprint density at radius 2 is 2.09 bits per heavy atom. The predicted molar refractivity (Wildman–Crippen MR) is 83.4 cm³/mol. The fraction of sp³-hybridized carbons (Fsp3) is 0.0625. The van der Waals surface area contributed by atoms with Crippen LogP contribution in [0.3, 0.4) is 0 Å². The molecular formula is C16H13N5O. The van der Waals surface area contributed by atoms with E-state index in [1.165, 1.54) is 0 Å². The number of carbonyl (C=O) groups excluding carboxylic acids is 1. The molecule has 3 aromatic heterocycles. The molecule has 4 rings (SSSR count). The van der Waals surface area contributed by atoms with Crippen LogP contribution in [0.1, 0.15) is 16.1 Å². The third kappa shape index (κ3) is 2.01. The number of rotatable bonds is 2. The minimum atomic E-state index is -0.274. The molecule has 3 heterocycles. The average Bonchev–Trinajstić information content (AvgIpc) is 3.11. The number of nitrogens with zero attached hydrogens (tertiary/aromatic N) is 4. The molecule has 1 aromatic carbocycles. The van der Waals surface area contributed by atoms with E-state index in [0.29, 0.717) is 5.69 Å². The van der Waals surface area contributed by atoms with E-state index in [0.717, 1.165) is 22.2 Å². The van der Waals surface area contributed by atoms with Gasteiger partial charge in [-0.1, -0.05) is 12.1 Å². The van der Waals surface area contributed by atoms with Gasteiger partial charge in [-0.15, -0.1) is 0 Å². The number of amides is 1. The van der Waals surface area contributed by atoms with Crippen LogP contribution in [0.15, 0.2) is 55.1 Å². The van der Waals surface area contributed by atoms with Crippen LogP contribution < -0.4 is 5.43 Å². The highest BCUT2D eigenvalue weighted by Gasteiger charge is 2.12. The molecule has 0 atom stereocenters. The lowest BCUT2D eigenvalue weighted by Gasteiger charge is -2.04. The topological polar surface area (TPSA) is 64.2 Å². The highest BCUT2D eigenvalue weighted by atomic mass is 16.2. The van der Waals surface area contributed by atoms with Gasteiger partial charge in [-0.25, -0.2) is 14.6 Å². The number of pyridine rings is 1. The largest absolute Gasteiger partial charge is 0.306 e. The van der Waals surface area contributed by atoms with Crippen molar-refractivity contribution in [3.63, 3.8) is 0 Å². The summed E-state index contributed by atoms with van der Waals surface area (Å²) in [6, 6.07) is 11.5. The predicted octanol–water partition coefficient (Wildman–Crippen LogP) is 2.38. The first-order chi connectivity index (χ1) is 10.7. The SMILES string of the molecule is Cc1ccn2cc(C(=O)Nn3cnc4ccccc43)nc2c1. The van der Waals surface area contributed by atoms with Crippen molar-refractivity contribution in [1.82, 2.24) is 19.0 Å². The summed E-state index contributed by atoms with van der Waals surface area (Å²) < 4.78 is 3.43. The van der Waals surface area contributed by atoms with Gasteiger partial charge in [-0.05, 0) is 36.8 Å². The third-order valence-corrected chi connectivity index (χ3v) is 3.52. The molecule has 0 aliphatic carbocycles. The van der Waals surface area contributed by atoms with Crippen LogP contribution >= 0.6 is 0 Å². The number of aromatic nitrogens is 4. The number of imidazole rings is 2. The lowest BCUT2D eigenvalue weighted by molar-refractivity contribution is 0.100. The van der Waals surface area contributed by atoms with Crippen molar-refractivity contribution < 1.29 is 4.79 Å². The van der Waals surface area contributed by atoms with Crippen LogP contribution in [0.5, 0.6) is 0 Å². The van der Waals surface area contributed by atoms with Gasteiger partial charge in [0.15, 0.2) is 0 Å². The molecule has 0 aliphatic rings. The quantitative estimate of drug-likeness (QED) is 0.616. The van der Waals surface area contributed by atoms with Gasteiger partial charge < -0.3 is 4.40 Å². The van der Waals surface area contributed by atoms with Crippen molar-refractivity contribution in [2.45, 2.75) is 6.92 Å². The van der Waals surface area contributed by atoms with E-state index >= 15 is 0 Å². The van der Waals surface area contributed by atoms with Gasteiger partial charge in [0.2, 0.25) is 0 Å². The van der Waals surface area contributed by atoms with Gasteiger partial charge in [0.1, 0.15) is 17.7 Å². The van der Waals surface area contributed by atoms with Crippen molar-refractivity contribution in [1.29, 1.82) is 0 Å². The van der Waals surface area contributed by atoms with Crippen molar-refractivity contribution in [2.24, 2.45) is 0 Å². The molecule has 0 unspecified atom stereocenters. The van der Waals surface area contributed by atoms with E-state index < -0.39 is 0 Å². The smallest absolute Gasteiger partial charge is 0.290 e. The Morgan fingerprint density at radius 3 is 3.00 bits per heavy atom. The summed E-state index contributed by atoms with van der Waals surface area (Å²) in [7, 11) is 0. The van der Waals surface area contributed by atoms with E-state index in [1.54, 1.807) is 17.2 Å². The molecule has 6 heteroatoms. The van der Waals surface area contributed by atoms with Crippen molar-refractivity contribution >= 4 is 22.6 Å². The molecule has 1 amide bonds. The molecule has 0 spiro atoms. The van der Waals surface area contributed by atoms with Crippen LogP contribution in [0.2, 0.25) is 0 Å².